The van der Waals surface area contributed by atoms with Gasteiger partial charge >= 0.3 is 6.18 Å². The molecule has 2 aromatic rings. The van der Waals surface area contributed by atoms with Gasteiger partial charge in [-0.05, 0) is 49.2 Å². The normalized spacial score (nSPS) is 16.4. The van der Waals surface area contributed by atoms with E-state index in [-0.39, 0.29) is 36.6 Å². The lowest BCUT2D eigenvalue weighted by Crippen LogP contribution is -2.41. The molecule has 1 aliphatic heterocycles. The average Bonchev–Trinajstić information content (AvgIpc) is 2.70. The number of hydrogen-bond acceptors (Lipinski definition) is 3. The molecule has 30 heavy (non-hydrogen) atoms. The number of benzene rings is 2. The van der Waals surface area contributed by atoms with Crippen LogP contribution in [0.25, 0.3) is 0 Å². The van der Waals surface area contributed by atoms with Gasteiger partial charge in [0.25, 0.3) is 0 Å². The maximum absolute atomic E-state index is 13.5. The molecule has 2 aromatic carbocycles. The van der Waals surface area contributed by atoms with Crippen LogP contribution in [0.15, 0.2) is 47.4 Å². The van der Waals surface area contributed by atoms with Crippen LogP contribution in [0.2, 0.25) is 5.02 Å². The van der Waals surface area contributed by atoms with Crippen molar-refractivity contribution in [2.24, 2.45) is 5.92 Å². The summed E-state index contributed by atoms with van der Waals surface area (Å²) >= 11 is 5.60. The molecule has 0 atom stereocenters. The van der Waals surface area contributed by atoms with Crippen molar-refractivity contribution < 1.29 is 30.8 Å². The Hall–Kier alpha value is -2.17. The number of carbonyl (C=O) groups is 1. The Bertz CT molecular complexity index is 1050. The molecule has 1 aliphatic rings. The Balaban J connectivity index is 1.66. The first kappa shape index (κ1) is 22.5. The zero-order valence-corrected chi connectivity index (χ0v) is 17.0. The first-order valence-electron chi connectivity index (χ1n) is 8.92. The van der Waals surface area contributed by atoms with E-state index in [9.17, 15) is 30.8 Å². The van der Waals surface area contributed by atoms with Gasteiger partial charge in [-0.15, -0.1) is 0 Å². The maximum atomic E-state index is 13.5. The Morgan fingerprint density at radius 2 is 1.77 bits per heavy atom. The van der Waals surface area contributed by atoms with Gasteiger partial charge < -0.3 is 5.32 Å². The number of hydrogen-bond donors (Lipinski definition) is 1. The summed E-state index contributed by atoms with van der Waals surface area (Å²) in [5.74, 6) is -1.60. The van der Waals surface area contributed by atoms with Crippen molar-refractivity contribution in [1.29, 1.82) is 0 Å². The molecule has 1 fully saturated rings. The quantitative estimate of drug-likeness (QED) is 0.676. The topological polar surface area (TPSA) is 66.5 Å². The van der Waals surface area contributed by atoms with Crippen LogP contribution >= 0.6 is 11.6 Å². The lowest BCUT2D eigenvalue weighted by atomic mass is 9.97. The Morgan fingerprint density at radius 3 is 2.37 bits per heavy atom. The van der Waals surface area contributed by atoms with E-state index in [4.69, 9.17) is 11.6 Å². The van der Waals surface area contributed by atoms with E-state index in [1.807, 2.05) is 0 Å². The van der Waals surface area contributed by atoms with E-state index in [2.05, 4.69) is 5.32 Å². The van der Waals surface area contributed by atoms with E-state index in [1.165, 1.54) is 12.1 Å². The van der Waals surface area contributed by atoms with Crippen molar-refractivity contribution in [3.05, 3.63) is 58.9 Å². The highest BCUT2D eigenvalue weighted by molar-refractivity contribution is 7.89. The number of nitrogens with one attached hydrogen (secondary N) is 1. The highest BCUT2D eigenvalue weighted by Gasteiger charge is 2.35. The minimum atomic E-state index is -4.66. The highest BCUT2D eigenvalue weighted by Crippen LogP contribution is 2.32. The minimum Gasteiger partial charge on any atom is -0.326 e. The molecule has 0 spiro atoms. The zero-order chi connectivity index (χ0) is 22.1. The first-order chi connectivity index (χ1) is 14.0. The molecule has 0 aliphatic carbocycles. The van der Waals surface area contributed by atoms with Crippen molar-refractivity contribution in [2.75, 3.05) is 18.4 Å². The minimum absolute atomic E-state index is 0.0222. The molecule has 0 saturated carbocycles. The van der Waals surface area contributed by atoms with Crippen LogP contribution in [-0.4, -0.2) is 31.7 Å². The SMILES string of the molecule is O=C(Nc1ccc(Cl)c(F)c1)C1CCN(S(=O)(=O)c2cccc(C(F)(F)F)c2)CC1. The molecule has 0 aromatic heterocycles. The molecular weight excluding hydrogens is 448 g/mol. The average molecular weight is 465 g/mol. The van der Waals surface area contributed by atoms with Crippen LogP contribution in [0.3, 0.4) is 0 Å². The molecule has 5 nitrogen and oxygen atoms in total. The molecule has 1 amide bonds. The molecule has 11 heteroatoms. The molecule has 0 radical (unpaired) electrons. The number of nitrogens with zero attached hydrogens (tertiary/aromatic N) is 1. The molecule has 3 rings (SSSR count). The number of rotatable bonds is 4. The number of amides is 1. The molecule has 0 unspecified atom stereocenters. The first-order valence-corrected chi connectivity index (χ1v) is 10.7. The Labute approximate surface area is 175 Å². The second-order valence-electron chi connectivity index (χ2n) is 6.82. The van der Waals surface area contributed by atoms with E-state index < -0.39 is 44.3 Å². The number of sulfonamides is 1. The van der Waals surface area contributed by atoms with E-state index in [1.54, 1.807) is 0 Å². The third kappa shape index (κ3) is 4.93. The van der Waals surface area contributed by atoms with Gasteiger partial charge in [0.2, 0.25) is 15.9 Å². The number of anilines is 1. The summed E-state index contributed by atoms with van der Waals surface area (Å²) in [4.78, 5) is 11.9. The van der Waals surface area contributed by atoms with Crippen LogP contribution in [0.1, 0.15) is 18.4 Å². The fourth-order valence-corrected chi connectivity index (χ4v) is 4.79. The van der Waals surface area contributed by atoms with Crippen molar-refractivity contribution in [3.8, 4) is 0 Å². The fourth-order valence-electron chi connectivity index (χ4n) is 3.16. The summed E-state index contributed by atoms with van der Waals surface area (Å²) in [6, 6.07) is 7.37. The molecule has 0 bridgehead atoms. The number of alkyl halides is 3. The second-order valence-corrected chi connectivity index (χ2v) is 9.17. The van der Waals surface area contributed by atoms with Crippen molar-refractivity contribution in [1.82, 2.24) is 4.31 Å². The van der Waals surface area contributed by atoms with Gasteiger partial charge in [0.1, 0.15) is 5.82 Å². The zero-order valence-electron chi connectivity index (χ0n) is 15.4. The van der Waals surface area contributed by atoms with Gasteiger partial charge in [0, 0.05) is 24.7 Å². The van der Waals surface area contributed by atoms with Crippen LogP contribution in [-0.2, 0) is 21.0 Å². The molecule has 1 saturated heterocycles. The summed E-state index contributed by atoms with van der Waals surface area (Å²) in [5, 5.41) is 2.48. The summed E-state index contributed by atoms with van der Waals surface area (Å²) in [6.07, 6.45) is -4.29. The lowest BCUT2D eigenvalue weighted by molar-refractivity contribution is -0.137. The van der Waals surface area contributed by atoms with Crippen LogP contribution in [0, 0.1) is 11.7 Å². The Morgan fingerprint density at radius 1 is 1.10 bits per heavy atom. The third-order valence-electron chi connectivity index (χ3n) is 4.81. The van der Waals surface area contributed by atoms with Gasteiger partial charge in [-0.25, -0.2) is 12.8 Å². The van der Waals surface area contributed by atoms with Crippen molar-refractivity contribution in [2.45, 2.75) is 23.9 Å². The summed E-state index contributed by atoms with van der Waals surface area (Å²) < 4.78 is 78.6. The molecule has 1 N–H and O–H groups in total. The van der Waals surface area contributed by atoms with Crippen LogP contribution < -0.4 is 5.32 Å². The maximum Gasteiger partial charge on any atom is 0.416 e. The van der Waals surface area contributed by atoms with E-state index in [0.717, 1.165) is 28.6 Å². The summed E-state index contributed by atoms with van der Waals surface area (Å²) in [7, 11) is -4.13. The van der Waals surface area contributed by atoms with Crippen LogP contribution in [0.5, 0.6) is 0 Å². The smallest absolute Gasteiger partial charge is 0.326 e. The third-order valence-corrected chi connectivity index (χ3v) is 7.01. The van der Waals surface area contributed by atoms with Crippen molar-refractivity contribution in [3.63, 3.8) is 0 Å². The number of halogens is 5. The van der Waals surface area contributed by atoms with E-state index in [0.29, 0.717) is 6.07 Å². The largest absolute Gasteiger partial charge is 0.416 e. The molecule has 1 heterocycles. The van der Waals surface area contributed by atoms with Gasteiger partial charge in [-0.3, -0.25) is 4.79 Å². The fraction of sp³-hybridized carbons (Fsp3) is 0.316. The lowest BCUT2D eigenvalue weighted by Gasteiger charge is -2.30. The predicted molar refractivity (Wildman–Crippen MR) is 103 cm³/mol. The molecular formula is C19H17ClF4N2O3S. The molecule has 162 valence electrons. The highest BCUT2D eigenvalue weighted by atomic mass is 35.5. The van der Waals surface area contributed by atoms with Gasteiger partial charge in [-0.1, -0.05) is 17.7 Å². The predicted octanol–water partition coefficient (Wildman–Crippen LogP) is 4.54. The number of piperidine rings is 1. The number of carbonyl (C=O) groups excluding carboxylic acids is 1. The summed E-state index contributed by atoms with van der Waals surface area (Å²) in [6.45, 7) is -0.0444. The van der Waals surface area contributed by atoms with Gasteiger partial charge in [0.05, 0.1) is 15.5 Å². The summed E-state index contributed by atoms with van der Waals surface area (Å²) in [5.41, 5.74) is -0.825. The van der Waals surface area contributed by atoms with Crippen molar-refractivity contribution >= 4 is 33.2 Å². The van der Waals surface area contributed by atoms with E-state index >= 15 is 0 Å². The van der Waals surface area contributed by atoms with Crippen LogP contribution in [0.4, 0.5) is 23.2 Å². The standard InChI is InChI=1S/C19H17ClF4N2O3S/c20-16-5-4-14(11-17(16)21)25-18(27)12-6-8-26(9-7-12)30(28,29)15-3-1-2-13(10-15)19(22,23)24/h1-5,10-12H,6-9H2,(H,25,27). The Kier molecular flexibility index (Phi) is 6.40. The van der Waals surface area contributed by atoms with Gasteiger partial charge in [-0.2, -0.15) is 17.5 Å². The second kappa shape index (κ2) is 8.52. The monoisotopic (exact) mass is 464 g/mol. The van der Waals surface area contributed by atoms with Gasteiger partial charge in [0.15, 0.2) is 0 Å².